The minimum Gasteiger partial charge on any atom is -0.344 e. The first kappa shape index (κ1) is 12.6. The lowest BCUT2D eigenvalue weighted by atomic mass is 10.2. The summed E-state index contributed by atoms with van der Waals surface area (Å²) in [5.74, 6) is 0.0531. The highest BCUT2D eigenvalue weighted by molar-refractivity contribution is 5.81. The second-order valence-electron chi connectivity index (χ2n) is 4.32. The molecule has 1 heterocycles. The Labute approximate surface area is 106 Å². The van der Waals surface area contributed by atoms with Gasteiger partial charge in [-0.05, 0) is 19.0 Å². The van der Waals surface area contributed by atoms with Crippen LogP contribution in [0.3, 0.4) is 0 Å². The molecule has 0 aliphatic rings. The highest BCUT2D eigenvalue weighted by atomic mass is 16.2. The Morgan fingerprint density at radius 3 is 3.00 bits per heavy atom. The predicted molar refractivity (Wildman–Crippen MR) is 71.0 cm³/mol. The van der Waals surface area contributed by atoms with E-state index in [1.54, 1.807) is 22.8 Å². The first-order valence-electron chi connectivity index (χ1n) is 6.07. The number of hydrogen-bond acceptors (Lipinski definition) is 3. The molecule has 0 atom stereocenters. The summed E-state index contributed by atoms with van der Waals surface area (Å²) in [6.07, 6.45) is 2.60. The van der Waals surface area contributed by atoms with Gasteiger partial charge in [0.25, 0.3) is 0 Å². The molecular weight excluding hydrogens is 228 g/mol. The third-order valence-electron chi connectivity index (χ3n) is 2.96. The molecule has 1 amide bonds. The van der Waals surface area contributed by atoms with Crippen LogP contribution in [0, 0.1) is 0 Å². The number of para-hydroxylation sites is 1. The molecule has 0 radical (unpaired) electrons. The Bertz CT molecular complexity index is 535. The quantitative estimate of drug-likeness (QED) is 0.850. The number of rotatable bonds is 5. The molecule has 5 heteroatoms. The van der Waals surface area contributed by atoms with Crippen molar-refractivity contribution in [3.63, 3.8) is 0 Å². The summed E-state index contributed by atoms with van der Waals surface area (Å²) >= 11 is 0. The van der Waals surface area contributed by atoms with Gasteiger partial charge in [0.1, 0.15) is 6.54 Å². The average Bonchev–Trinajstić information content (AvgIpc) is 2.79. The van der Waals surface area contributed by atoms with Gasteiger partial charge in [-0.2, -0.15) is 5.10 Å². The van der Waals surface area contributed by atoms with E-state index in [0.717, 1.165) is 17.3 Å². The largest absolute Gasteiger partial charge is 0.344 e. The van der Waals surface area contributed by atoms with Crippen LogP contribution in [0.15, 0.2) is 30.5 Å². The Morgan fingerprint density at radius 1 is 1.44 bits per heavy atom. The molecule has 96 valence electrons. The minimum absolute atomic E-state index is 0.0531. The van der Waals surface area contributed by atoms with E-state index < -0.39 is 0 Å². The van der Waals surface area contributed by atoms with Gasteiger partial charge in [0.2, 0.25) is 5.91 Å². The maximum Gasteiger partial charge on any atom is 0.244 e. The lowest BCUT2D eigenvalue weighted by molar-refractivity contribution is -0.130. The molecule has 1 aromatic carbocycles. The number of nitrogens with zero attached hydrogens (tertiary/aromatic N) is 3. The second-order valence-corrected chi connectivity index (χ2v) is 4.32. The van der Waals surface area contributed by atoms with Crippen molar-refractivity contribution in [1.29, 1.82) is 0 Å². The number of hydrogen-bond donors (Lipinski definition) is 1. The molecule has 0 unspecified atom stereocenters. The molecule has 0 saturated carbocycles. The SMILES string of the molecule is CN(CCCN)C(=O)Cn1ncc2ccccc21. The average molecular weight is 246 g/mol. The van der Waals surface area contributed by atoms with Crippen molar-refractivity contribution >= 4 is 16.8 Å². The number of carbonyl (C=O) groups is 1. The van der Waals surface area contributed by atoms with E-state index in [2.05, 4.69) is 5.10 Å². The van der Waals surface area contributed by atoms with Gasteiger partial charge in [-0.25, -0.2) is 0 Å². The zero-order valence-electron chi connectivity index (χ0n) is 10.5. The molecule has 0 aliphatic carbocycles. The maximum atomic E-state index is 12.0. The van der Waals surface area contributed by atoms with Gasteiger partial charge in [-0.15, -0.1) is 0 Å². The van der Waals surface area contributed by atoms with Crippen LogP contribution in [0.4, 0.5) is 0 Å². The lowest BCUT2D eigenvalue weighted by Crippen LogP contribution is -2.32. The maximum absolute atomic E-state index is 12.0. The Kier molecular flexibility index (Phi) is 3.94. The summed E-state index contributed by atoms with van der Waals surface area (Å²) in [5, 5.41) is 5.29. The summed E-state index contributed by atoms with van der Waals surface area (Å²) < 4.78 is 1.73. The summed E-state index contributed by atoms with van der Waals surface area (Å²) in [6.45, 7) is 1.56. The topological polar surface area (TPSA) is 64.2 Å². The van der Waals surface area contributed by atoms with Crippen molar-refractivity contribution in [2.45, 2.75) is 13.0 Å². The van der Waals surface area contributed by atoms with Gasteiger partial charge in [0.15, 0.2) is 0 Å². The summed E-state index contributed by atoms with van der Waals surface area (Å²) in [6, 6.07) is 7.86. The number of benzene rings is 1. The summed E-state index contributed by atoms with van der Waals surface area (Å²) in [7, 11) is 1.80. The molecule has 1 aromatic heterocycles. The highest BCUT2D eigenvalue weighted by Gasteiger charge is 2.11. The van der Waals surface area contributed by atoms with E-state index in [1.165, 1.54) is 0 Å². The number of amides is 1. The van der Waals surface area contributed by atoms with E-state index in [9.17, 15) is 4.79 Å². The number of nitrogens with two attached hydrogens (primary N) is 1. The first-order valence-corrected chi connectivity index (χ1v) is 6.07. The summed E-state index contributed by atoms with van der Waals surface area (Å²) in [4.78, 5) is 13.7. The van der Waals surface area contributed by atoms with Crippen molar-refractivity contribution < 1.29 is 4.79 Å². The fourth-order valence-corrected chi connectivity index (χ4v) is 1.85. The molecule has 2 aromatic rings. The standard InChI is InChI=1S/C13H18N4O/c1-16(8-4-7-14)13(18)10-17-12-6-3-2-5-11(12)9-15-17/h2-3,5-6,9H,4,7-8,10,14H2,1H3. The van der Waals surface area contributed by atoms with E-state index in [-0.39, 0.29) is 12.5 Å². The van der Waals surface area contributed by atoms with Gasteiger partial charge in [0, 0.05) is 19.0 Å². The molecule has 0 saturated heterocycles. The zero-order chi connectivity index (χ0) is 13.0. The number of fused-ring (bicyclic) bond motifs is 1. The highest BCUT2D eigenvalue weighted by Crippen LogP contribution is 2.12. The molecule has 0 fully saturated rings. The van der Waals surface area contributed by atoms with E-state index in [1.807, 2.05) is 24.3 Å². The smallest absolute Gasteiger partial charge is 0.244 e. The zero-order valence-corrected chi connectivity index (χ0v) is 10.5. The van der Waals surface area contributed by atoms with Crippen molar-refractivity contribution in [3.05, 3.63) is 30.5 Å². The van der Waals surface area contributed by atoms with Gasteiger partial charge >= 0.3 is 0 Å². The lowest BCUT2D eigenvalue weighted by Gasteiger charge is -2.16. The normalized spacial score (nSPS) is 10.8. The van der Waals surface area contributed by atoms with Crippen LogP contribution in [0.5, 0.6) is 0 Å². The third-order valence-corrected chi connectivity index (χ3v) is 2.96. The Morgan fingerprint density at radius 2 is 2.22 bits per heavy atom. The molecule has 5 nitrogen and oxygen atoms in total. The van der Waals surface area contributed by atoms with Crippen LogP contribution in [0.2, 0.25) is 0 Å². The molecule has 0 spiro atoms. The van der Waals surface area contributed by atoms with Gasteiger partial charge < -0.3 is 10.6 Å². The van der Waals surface area contributed by atoms with Crippen molar-refractivity contribution in [2.75, 3.05) is 20.1 Å². The van der Waals surface area contributed by atoms with Crippen LogP contribution in [0.1, 0.15) is 6.42 Å². The Hall–Kier alpha value is -1.88. The van der Waals surface area contributed by atoms with Crippen molar-refractivity contribution in [1.82, 2.24) is 14.7 Å². The van der Waals surface area contributed by atoms with Crippen molar-refractivity contribution in [2.24, 2.45) is 5.73 Å². The van der Waals surface area contributed by atoms with Gasteiger partial charge in [-0.3, -0.25) is 9.48 Å². The van der Waals surface area contributed by atoms with Crippen molar-refractivity contribution in [3.8, 4) is 0 Å². The number of aromatic nitrogens is 2. The van der Waals surface area contributed by atoms with E-state index in [0.29, 0.717) is 13.1 Å². The third kappa shape index (κ3) is 2.68. The first-order chi connectivity index (χ1) is 8.72. The van der Waals surface area contributed by atoms with Crippen LogP contribution in [-0.2, 0) is 11.3 Å². The Balaban J connectivity index is 2.07. The van der Waals surface area contributed by atoms with Crippen LogP contribution in [-0.4, -0.2) is 40.7 Å². The second kappa shape index (κ2) is 5.64. The number of likely N-dealkylation sites (N-methyl/N-ethyl adjacent to an activating group) is 1. The summed E-state index contributed by atoms with van der Waals surface area (Å²) in [5.41, 5.74) is 6.42. The fraction of sp³-hybridized carbons (Fsp3) is 0.385. The van der Waals surface area contributed by atoms with Crippen LogP contribution < -0.4 is 5.73 Å². The molecule has 18 heavy (non-hydrogen) atoms. The fourth-order valence-electron chi connectivity index (χ4n) is 1.85. The van der Waals surface area contributed by atoms with E-state index in [4.69, 9.17) is 5.73 Å². The van der Waals surface area contributed by atoms with Gasteiger partial charge in [-0.1, -0.05) is 18.2 Å². The molecular formula is C13H18N4O. The number of carbonyl (C=O) groups excluding carboxylic acids is 1. The van der Waals surface area contributed by atoms with Crippen LogP contribution in [0.25, 0.3) is 10.9 Å². The predicted octanol–water partition coefficient (Wildman–Crippen LogP) is 0.844. The molecule has 2 N–H and O–H groups in total. The molecule has 0 bridgehead atoms. The van der Waals surface area contributed by atoms with Crippen LogP contribution >= 0.6 is 0 Å². The monoisotopic (exact) mass is 246 g/mol. The van der Waals surface area contributed by atoms with Gasteiger partial charge in [0.05, 0.1) is 11.7 Å². The molecule has 0 aliphatic heterocycles. The van der Waals surface area contributed by atoms with E-state index >= 15 is 0 Å². The molecule has 2 rings (SSSR count). The minimum atomic E-state index is 0.0531.